The number of aryl methyl sites for hydroxylation is 1. The zero-order valence-electron chi connectivity index (χ0n) is 9.59. The molecule has 4 N–H and O–H groups in total. The molecule has 0 spiro atoms. The minimum absolute atomic E-state index is 0.390. The minimum Gasteiger partial charge on any atom is -0.383 e. The van der Waals surface area contributed by atoms with E-state index in [-0.39, 0.29) is 0 Å². The van der Waals surface area contributed by atoms with Gasteiger partial charge in [0, 0.05) is 0 Å². The molecule has 0 fully saturated rings. The average molecular weight is 226 g/mol. The molecule has 2 rings (SSSR count). The third-order valence-corrected chi connectivity index (χ3v) is 2.47. The van der Waals surface area contributed by atoms with Crippen molar-refractivity contribution in [3.63, 3.8) is 0 Å². The Hall–Kier alpha value is -2.36. The number of nitrogens with zero attached hydrogens (tertiary/aromatic N) is 2. The summed E-state index contributed by atoms with van der Waals surface area (Å²) in [6.07, 6.45) is 5.12. The number of nitrogens with two attached hydrogens (primary N) is 2. The first kappa shape index (κ1) is 11.1. The summed E-state index contributed by atoms with van der Waals surface area (Å²) in [6.45, 7) is 2.05. The van der Waals surface area contributed by atoms with Gasteiger partial charge in [-0.3, -0.25) is 0 Å². The van der Waals surface area contributed by atoms with Gasteiger partial charge in [0.1, 0.15) is 18.0 Å². The van der Waals surface area contributed by atoms with Crippen LogP contribution < -0.4 is 11.5 Å². The molecule has 4 heteroatoms. The Bertz CT molecular complexity index is 524. The lowest BCUT2D eigenvalue weighted by molar-refractivity contribution is 1.18. The maximum absolute atomic E-state index is 5.73. The summed E-state index contributed by atoms with van der Waals surface area (Å²) in [5.41, 5.74) is 14.4. The summed E-state index contributed by atoms with van der Waals surface area (Å²) in [5.74, 6) is 0.779. The zero-order chi connectivity index (χ0) is 12.3. The van der Waals surface area contributed by atoms with E-state index >= 15 is 0 Å². The fraction of sp³-hybridized carbons (Fsp3) is 0.0769. The number of nitrogen functional groups attached to an aromatic ring is 2. The predicted octanol–water partition coefficient (Wildman–Crippen LogP) is 2.12. The Morgan fingerprint density at radius 2 is 1.53 bits per heavy atom. The highest BCUT2D eigenvalue weighted by molar-refractivity contribution is 5.79. The summed E-state index contributed by atoms with van der Waals surface area (Å²) >= 11 is 0. The summed E-state index contributed by atoms with van der Waals surface area (Å²) < 4.78 is 0. The van der Waals surface area contributed by atoms with Gasteiger partial charge in [0.25, 0.3) is 0 Å². The molecule has 86 valence electrons. The molecule has 0 aliphatic heterocycles. The van der Waals surface area contributed by atoms with E-state index in [9.17, 15) is 0 Å². The highest BCUT2D eigenvalue weighted by atomic mass is 15.0. The van der Waals surface area contributed by atoms with Crippen molar-refractivity contribution in [1.29, 1.82) is 0 Å². The Morgan fingerprint density at radius 3 is 2.12 bits per heavy atom. The Balaban J connectivity index is 2.29. The van der Waals surface area contributed by atoms with Gasteiger partial charge in [-0.1, -0.05) is 35.9 Å². The molecule has 0 aliphatic carbocycles. The maximum Gasteiger partial charge on any atom is 0.136 e. The van der Waals surface area contributed by atoms with Crippen molar-refractivity contribution < 1.29 is 0 Å². The molecule has 2 aromatic rings. The molecule has 1 heterocycles. The first-order valence-corrected chi connectivity index (χ1v) is 5.27. The third kappa shape index (κ3) is 2.60. The summed E-state index contributed by atoms with van der Waals surface area (Å²) in [4.78, 5) is 7.80. The van der Waals surface area contributed by atoms with Crippen molar-refractivity contribution in [2.45, 2.75) is 6.92 Å². The molecule has 0 aliphatic rings. The normalized spacial score (nSPS) is 10.9. The zero-order valence-corrected chi connectivity index (χ0v) is 9.59. The number of hydrogen-bond donors (Lipinski definition) is 2. The lowest BCUT2D eigenvalue weighted by atomic mass is 10.1. The fourth-order valence-corrected chi connectivity index (χ4v) is 1.45. The second kappa shape index (κ2) is 4.65. The number of benzene rings is 1. The molecule has 0 bridgehead atoms. The van der Waals surface area contributed by atoms with Crippen LogP contribution in [-0.4, -0.2) is 9.97 Å². The Labute approximate surface area is 100 Å². The fourth-order valence-electron chi connectivity index (χ4n) is 1.45. The predicted molar refractivity (Wildman–Crippen MR) is 71.0 cm³/mol. The van der Waals surface area contributed by atoms with Crippen LogP contribution in [0, 0.1) is 6.92 Å². The molecule has 0 radical (unpaired) electrons. The third-order valence-electron chi connectivity index (χ3n) is 2.47. The standard InChI is InChI=1S/C13H14N4/c1-9-2-4-10(5-3-9)6-7-11-12(14)16-8-17-13(11)15/h2-8H,1H3,(H4,14,15,16,17)/b7-6+. The molecule has 0 atom stereocenters. The van der Waals surface area contributed by atoms with Crippen molar-refractivity contribution >= 4 is 23.8 Å². The maximum atomic E-state index is 5.73. The second-order valence-electron chi connectivity index (χ2n) is 3.80. The van der Waals surface area contributed by atoms with Crippen LogP contribution in [0.3, 0.4) is 0 Å². The van der Waals surface area contributed by atoms with Crippen LogP contribution in [0.5, 0.6) is 0 Å². The summed E-state index contributed by atoms with van der Waals surface area (Å²) in [6, 6.07) is 8.16. The van der Waals surface area contributed by atoms with Gasteiger partial charge in [0.2, 0.25) is 0 Å². The van der Waals surface area contributed by atoms with Crippen LogP contribution in [0.4, 0.5) is 11.6 Å². The first-order chi connectivity index (χ1) is 8.16. The minimum atomic E-state index is 0.390. The lowest BCUT2D eigenvalue weighted by Gasteiger charge is -2.01. The summed E-state index contributed by atoms with van der Waals surface area (Å²) in [5, 5.41) is 0. The molecule has 1 aromatic heterocycles. The molecule has 1 aromatic carbocycles. The van der Waals surface area contributed by atoms with Crippen LogP contribution in [0.25, 0.3) is 12.2 Å². The summed E-state index contributed by atoms with van der Waals surface area (Å²) in [7, 11) is 0. The van der Waals surface area contributed by atoms with Gasteiger partial charge in [-0.15, -0.1) is 0 Å². The highest BCUT2D eigenvalue weighted by Crippen LogP contribution is 2.17. The van der Waals surface area contributed by atoms with E-state index in [0.29, 0.717) is 17.2 Å². The van der Waals surface area contributed by atoms with Gasteiger partial charge in [-0.25, -0.2) is 9.97 Å². The van der Waals surface area contributed by atoms with E-state index in [1.807, 2.05) is 36.4 Å². The number of aromatic nitrogens is 2. The molecule has 0 unspecified atom stereocenters. The molecular weight excluding hydrogens is 212 g/mol. The number of hydrogen-bond acceptors (Lipinski definition) is 4. The van der Waals surface area contributed by atoms with Crippen LogP contribution in [-0.2, 0) is 0 Å². The van der Waals surface area contributed by atoms with Crippen LogP contribution >= 0.6 is 0 Å². The van der Waals surface area contributed by atoms with Crippen molar-refractivity contribution in [2.24, 2.45) is 0 Å². The van der Waals surface area contributed by atoms with E-state index in [1.54, 1.807) is 0 Å². The van der Waals surface area contributed by atoms with Crippen molar-refractivity contribution in [2.75, 3.05) is 11.5 Å². The van der Waals surface area contributed by atoms with E-state index in [0.717, 1.165) is 5.56 Å². The quantitative estimate of drug-likeness (QED) is 0.822. The van der Waals surface area contributed by atoms with Crippen molar-refractivity contribution in [3.8, 4) is 0 Å². The van der Waals surface area contributed by atoms with E-state index < -0.39 is 0 Å². The molecule has 0 saturated carbocycles. The molecule has 4 nitrogen and oxygen atoms in total. The van der Waals surface area contributed by atoms with Gasteiger partial charge >= 0.3 is 0 Å². The SMILES string of the molecule is Cc1ccc(/C=C/c2c(N)ncnc2N)cc1. The molecule has 17 heavy (non-hydrogen) atoms. The monoisotopic (exact) mass is 226 g/mol. The molecular formula is C13H14N4. The topological polar surface area (TPSA) is 77.8 Å². The lowest BCUT2D eigenvalue weighted by Crippen LogP contribution is -2.00. The number of anilines is 2. The van der Waals surface area contributed by atoms with E-state index in [2.05, 4.69) is 16.9 Å². The van der Waals surface area contributed by atoms with Gasteiger partial charge in [-0.05, 0) is 18.6 Å². The smallest absolute Gasteiger partial charge is 0.136 e. The van der Waals surface area contributed by atoms with Crippen molar-refractivity contribution in [3.05, 3.63) is 47.3 Å². The van der Waals surface area contributed by atoms with E-state index in [1.165, 1.54) is 11.9 Å². The largest absolute Gasteiger partial charge is 0.383 e. The second-order valence-corrected chi connectivity index (χ2v) is 3.80. The highest BCUT2D eigenvalue weighted by Gasteiger charge is 2.01. The van der Waals surface area contributed by atoms with Crippen LogP contribution in [0.15, 0.2) is 30.6 Å². The Kier molecular flexibility index (Phi) is 3.05. The van der Waals surface area contributed by atoms with Gasteiger partial charge < -0.3 is 11.5 Å². The molecule has 0 amide bonds. The molecule has 0 saturated heterocycles. The van der Waals surface area contributed by atoms with Gasteiger partial charge in [0.05, 0.1) is 5.56 Å². The van der Waals surface area contributed by atoms with Crippen molar-refractivity contribution in [1.82, 2.24) is 9.97 Å². The average Bonchev–Trinajstić information content (AvgIpc) is 2.31. The van der Waals surface area contributed by atoms with E-state index in [4.69, 9.17) is 11.5 Å². The van der Waals surface area contributed by atoms with Crippen LogP contribution in [0.2, 0.25) is 0 Å². The number of rotatable bonds is 2. The Morgan fingerprint density at radius 1 is 0.941 bits per heavy atom. The van der Waals surface area contributed by atoms with Gasteiger partial charge in [0.15, 0.2) is 0 Å². The first-order valence-electron chi connectivity index (χ1n) is 5.27. The van der Waals surface area contributed by atoms with Crippen LogP contribution in [0.1, 0.15) is 16.7 Å². The van der Waals surface area contributed by atoms with Gasteiger partial charge in [-0.2, -0.15) is 0 Å².